The standard InChI is InChI=1S/C19H20FN3O/c1-12-5-14(8-21-7-12)19(24)23-11-15-9-22-10-17(15)18(23)13-3-2-4-16(20)6-13/h2-8,15,17-18,22H,9-11H2,1H3/t15-,17-,18+/m0/s1. The summed E-state index contributed by atoms with van der Waals surface area (Å²) in [6.07, 6.45) is 3.35. The second kappa shape index (κ2) is 5.98. The second-order valence-corrected chi connectivity index (χ2v) is 6.79. The summed E-state index contributed by atoms with van der Waals surface area (Å²) in [6, 6.07) is 8.42. The molecule has 0 aliphatic carbocycles. The number of nitrogens with one attached hydrogen (secondary N) is 1. The number of hydrogen-bond donors (Lipinski definition) is 1. The fraction of sp³-hybridized carbons (Fsp3) is 0.368. The van der Waals surface area contributed by atoms with Gasteiger partial charge in [0, 0.05) is 37.9 Å². The molecule has 3 atom stereocenters. The lowest BCUT2D eigenvalue weighted by atomic mass is 9.89. The Bertz CT molecular complexity index is 779. The maximum Gasteiger partial charge on any atom is 0.255 e. The molecule has 1 aromatic carbocycles. The fourth-order valence-electron chi connectivity index (χ4n) is 4.08. The predicted molar refractivity (Wildman–Crippen MR) is 89.0 cm³/mol. The van der Waals surface area contributed by atoms with Crippen molar-refractivity contribution in [1.29, 1.82) is 0 Å². The molecule has 4 rings (SSSR count). The van der Waals surface area contributed by atoms with Gasteiger partial charge >= 0.3 is 0 Å². The van der Waals surface area contributed by atoms with Crippen LogP contribution in [0.15, 0.2) is 42.7 Å². The number of hydrogen-bond acceptors (Lipinski definition) is 3. The number of aromatic nitrogens is 1. The molecule has 24 heavy (non-hydrogen) atoms. The van der Waals surface area contributed by atoms with Crippen LogP contribution in [0.3, 0.4) is 0 Å². The fourth-order valence-corrected chi connectivity index (χ4v) is 4.08. The molecule has 2 aliphatic rings. The smallest absolute Gasteiger partial charge is 0.255 e. The summed E-state index contributed by atoms with van der Waals surface area (Å²) in [5.74, 6) is 0.467. The first-order valence-electron chi connectivity index (χ1n) is 8.32. The van der Waals surface area contributed by atoms with E-state index in [1.165, 1.54) is 6.07 Å². The highest BCUT2D eigenvalue weighted by molar-refractivity contribution is 5.94. The molecule has 0 spiro atoms. The van der Waals surface area contributed by atoms with Crippen molar-refractivity contribution in [2.24, 2.45) is 11.8 Å². The van der Waals surface area contributed by atoms with E-state index in [4.69, 9.17) is 0 Å². The van der Waals surface area contributed by atoms with E-state index < -0.39 is 0 Å². The van der Waals surface area contributed by atoms with Crippen LogP contribution in [0.4, 0.5) is 4.39 Å². The van der Waals surface area contributed by atoms with E-state index in [1.54, 1.807) is 24.5 Å². The predicted octanol–water partition coefficient (Wildman–Crippen LogP) is 2.56. The molecule has 1 aromatic heterocycles. The Labute approximate surface area is 140 Å². The molecule has 124 valence electrons. The van der Waals surface area contributed by atoms with E-state index in [0.29, 0.717) is 23.9 Å². The van der Waals surface area contributed by atoms with E-state index in [1.807, 2.05) is 24.0 Å². The maximum absolute atomic E-state index is 13.7. The van der Waals surface area contributed by atoms with Crippen LogP contribution in [0.2, 0.25) is 0 Å². The Kier molecular flexibility index (Phi) is 3.81. The topological polar surface area (TPSA) is 45.2 Å². The third kappa shape index (κ3) is 2.59. The van der Waals surface area contributed by atoms with Gasteiger partial charge in [0.15, 0.2) is 0 Å². The summed E-state index contributed by atoms with van der Waals surface area (Å²) in [7, 11) is 0. The van der Waals surface area contributed by atoms with Gasteiger partial charge in [-0.3, -0.25) is 9.78 Å². The number of halogens is 1. The highest BCUT2D eigenvalue weighted by Gasteiger charge is 2.46. The molecule has 2 saturated heterocycles. The van der Waals surface area contributed by atoms with E-state index in [2.05, 4.69) is 10.3 Å². The summed E-state index contributed by atoms with van der Waals surface area (Å²) in [5, 5.41) is 3.40. The Hall–Kier alpha value is -2.27. The summed E-state index contributed by atoms with van der Waals surface area (Å²) >= 11 is 0. The van der Waals surface area contributed by atoms with Crippen molar-refractivity contribution in [3.05, 3.63) is 65.2 Å². The molecule has 5 heteroatoms. The first-order valence-corrected chi connectivity index (χ1v) is 8.32. The van der Waals surface area contributed by atoms with Crippen molar-refractivity contribution >= 4 is 5.91 Å². The average molecular weight is 325 g/mol. The first kappa shape index (κ1) is 15.3. The normalized spacial score (nSPS) is 25.8. The number of fused-ring (bicyclic) bond motifs is 1. The van der Waals surface area contributed by atoms with E-state index in [-0.39, 0.29) is 17.8 Å². The Balaban J connectivity index is 1.71. The zero-order valence-corrected chi connectivity index (χ0v) is 13.6. The lowest BCUT2D eigenvalue weighted by Crippen LogP contribution is -2.34. The average Bonchev–Trinajstić information content (AvgIpc) is 3.14. The second-order valence-electron chi connectivity index (χ2n) is 6.79. The van der Waals surface area contributed by atoms with Crippen LogP contribution in [-0.4, -0.2) is 35.4 Å². The molecule has 2 aliphatic heterocycles. The summed E-state index contributed by atoms with van der Waals surface area (Å²) in [5.41, 5.74) is 2.44. The molecular weight excluding hydrogens is 305 g/mol. The van der Waals surface area contributed by atoms with Crippen LogP contribution >= 0.6 is 0 Å². The van der Waals surface area contributed by atoms with E-state index in [9.17, 15) is 9.18 Å². The van der Waals surface area contributed by atoms with Crippen LogP contribution in [0.25, 0.3) is 0 Å². The van der Waals surface area contributed by atoms with Crippen molar-refractivity contribution in [2.75, 3.05) is 19.6 Å². The zero-order chi connectivity index (χ0) is 16.7. The lowest BCUT2D eigenvalue weighted by Gasteiger charge is -2.28. The molecule has 0 radical (unpaired) electrons. The molecule has 1 N–H and O–H groups in total. The minimum Gasteiger partial charge on any atom is -0.331 e. The molecular formula is C19H20FN3O. The molecule has 1 amide bonds. The Morgan fingerprint density at radius 2 is 2.17 bits per heavy atom. The summed E-state index contributed by atoms with van der Waals surface area (Å²) in [4.78, 5) is 19.1. The summed E-state index contributed by atoms with van der Waals surface area (Å²) < 4.78 is 13.7. The monoisotopic (exact) mass is 325 g/mol. The van der Waals surface area contributed by atoms with Crippen molar-refractivity contribution in [3.63, 3.8) is 0 Å². The zero-order valence-electron chi connectivity index (χ0n) is 13.6. The number of aryl methyl sites for hydroxylation is 1. The van der Waals surface area contributed by atoms with Gasteiger partial charge in [-0.25, -0.2) is 4.39 Å². The third-order valence-corrected chi connectivity index (χ3v) is 5.14. The number of amides is 1. The van der Waals surface area contributed by atoms with Gasteiger partial charge in [-0.15, -0.1) is 0 Å². The van der Waals surface area contributed by atoms with Crippen LogP contribution in [-0.2, 0) is 0 Å². The molecule has 0 saturated carbocycles. The van der Waals surface area contributed by atoms with Crippen LogP contribution in [0, 0.1) is 24.6 Å². The van der Waals surface area contributed by atoms with Crippen LogP contribution < -0.4 is 5.32 Å². The molecule has 0 unspecified atom stereocenters. The Morgan fingerprint density at radius 1 is 1.29 bits per heavy atom. The maximum atomic E-state index is 13.7. The van der Waals surface area contributed by atoms with Crippen molar-refractivity contribution < 1.29 is 9.18 Å². The minimum atomic E-state index is -0.258. The third-order valence-electron chi connectivity index (χ3n) is 5.14. The lowest BCUT2D eigenvalue weighted by molar-refractivity contribution is 0.0713. The van der Waals surface area contributed by atoms with Gasteiger partial charge in [0.25, 0.3) is 5.91 Å². The molecule has 2 aromatic rings. The molecule has 4 nitrogen and oxygen atoms in total. The number of likely N-dealkylation sites (tertiary alicyclic amines) is 1. The van der Waals surface area contributed by atoms with Crippen LogP contribution in [0.5, 0.6) is 0 Å². The molecule has 2 fully saturated rings. The number of benzene rings is 1. The highest BCUT2D eigenvalue weighted by Crippen LogP contribution is 2.43. The van der Waals surface area contributed by atoms with Gasteiger partial charge in [0.1, 0.15) is 5.82 Å². The first-order chi connectivity index (χ1) is 11.6. The minimum absolute atomic E-state index is 0.0186. The quantitative estimate of drug-likeness (QED) is 0.923. The number of carbonyl (C=O) groups is 1. The van der Waals surface area contributed by atoms with Gasteiger partial charge in [-0.2, -0.15) is 0 Å². The number of rotatable bonds is 2. The van der Waals surface area contributed by atoms with Crippen molar-refractivity contribution in [2.45, 2.75) is 13.0 Å². The van der Waals surface area contributed by atoms with Gasteiger partial charge in [0.05, 0.1) is 11.6 Å². The number of nitrogens with zero attached hydrogens (tertiary/aromatic N) is 2. The largest absolute Gasteiger partial charge is 0.331 e. The van der Waals surface area contributed by atoms with Gasteiger partial charge < -0.3 is 10.2 Å². The van der Waals surface area contributed by atoms with Crippen molar-refractivity contribution in [3.8, 4) is 0 Å². The summed E-state index contributed by atoms with van der Waals surface area (Å²) in [6.45, 7) is 4.40. The Morgan fingerprint density at radius 3 is 2.96 bits per heavy atom. The molecule has 3 heterocycles. The van der Waals surface area contributed by atoms with Gasteiger partial charge in [0.2, 0.25) is 0 Å². The SMILES string of the molecule is Cc1cncc(C(=O)N2C[C@@H]3CNC[C@@H]3[C@H]2c2cccc(F)c2)c1. The molecule has 0 bridgehead atoms. The van der Waals surface area contributed by atoms with E-state index >= 15 is 0 Å². The van der Waals surface area contributed by atoms with Gasteiger partial charge in [-0.1, -0.05) is 12.1 Å². The van der Waals surface area contributed by atoms with E-state index in [0.717, 1.165) is 24.2 Å². The highest BCUT2D eigenvalue weighted by atomic mass is 19.1. The number of pyridine rings is 1. The number of carbonyl (C=O) groups excluding carboxylic acids is 1. The van der Waals surface area contributed by atoms with Crippen molar-refractivity contribution in [1.82, 2.24) is 15.2 Å². The van der Waals surface area contributed by atoms with Crippen LogP contribution in [0.1, 0.15) is 27.5 Å². The van der Waals surface area contributed by atoms with Gasteiger partial charge in [-0.05, 0) is 42.2 Å².